The molecule has 0 spiro atoms. The van der Waals surface area contributed by atoms with Gasteiger partial charge in [0.1, 0.15) is 18.1 Å². The van der Waals surface area contributed by atoms with Crippen LogP contribution in [0.15, 0.2) is 40.8 Å². The number of Topliss-reactive ketones (excluding diaryl/α,β-unsaturated/α-hetero) is 1. The van der Waals surface area contributed by atoms with Gasteiger partial charge in [-0.1, -0.05) is 53.7 Å². The minimum Gasteiger partial charge on any atom is -0.486 e. The highest BCUT2D eigenvalue weighted by Crippen LogP contribution is 2.24. The summed E-state index contributed by atoms with van der Waals surface area (Å²) in [6, 6.07) is 11.2. The molecular weight excluding hydrogens is 342 g/mol. The van der Waals surface area contributed by atoms with Gasteiger partial charge in [0.05, 0.1) is 6.54 Å². The van der Waals surface area contributed by atoms with Gasteiger partial charge in [0, 0.05) is 5.41 Å². The zero-order chi connectivity index (χ0) is 20.2. The molecule has 0 saturated carbocycles. The van der Waals surface area contributed by atoms with Crippen molar-refractivity contribution in [3.63, 3.8) is 0 Å². The Labute approximate surface area is 161 Å². The van der Waals surface area contributed by atoms with Crippen LogP contribution >= 0.6 is 0 Å². The SMILES string of the molecule is CC(C)(C)C(=O)CNC(=O)c1ccc(COc2ccc(C(C)(C)C)cc2)o1. The first-order valence-corrected chi connectivity index (χ1v) is 9.10. The summed E-state index contributed by atoms with van der Waals surface area (Å²) in [4.78, 5) is 24.0. The number of carbonyl (C=O) groups excluding carboxylic acids is 2. The van der Waals surface area contributed by atoms with Crippen LogP contribution in [0.3, 0.4) is 0 Å². The van der Waals surface area contributed by atoms with Crippen LogP contribution in [0.2, 0.25) is 0 Å². The molecule has 0 radical (unpaired) electrons. The van der Waals surface area contributed by atoms with Gasteiger partial charge >= 0.3 is 0 Å². The van der Waals surface area contributed by atoms with E-state index in [1.165, 1.54) is 5.56 Å². The number of nitrogens with one attached hydrogen (secondary N) is 1. The predicted molar refractivity (Wildman–Crippen MR) is 105 cm³/mol. The van der Waals surface area contributed by atoms with Crippen molar-refractivity contribution in [2.24, 2.45) is 5.41 Å². The average molecular weight is 371 g/mol. The van der Waals surface area contributed by atoms with E-state index in [9.17, 15) is 9.59 Å². The molecule has 0 bridgehead atoms. The monoisotopic (exact) mass is 371 g/mol. The lowest BCUT2D eigenvalue weighted by molar-refractivity contribution is -0.125. The molecule has 0 unspecified atom stereocenters. The minimum atomic E-state index is -0.488. The summed E-state index contributed by atoms with van der Waals surface area (Å²) in [5.74, 6) is 1.000. The number of hydrogen-bond donors (Lipinski definition) is 1. The molecule has 0 aliphatic heterocycles. The minimum absolute atomic E-state index is 0.0189. The fourth-order valence-electron chi connectivity index (χ4n) is 2.30. The molecule has 146 valence electrons. The lowest BCUT2D eigenvalue weighted by atomic mass is 9.87. The van der Waals surface area contributed by atoms with Gasteiger partial charge < -0.3 is 14.5 Å². The van der Waals surface area contributed by atoms with Crippen molar-refractivity contribution in [2.75, 3.05) is 6.54 Å². The van der Waals surface area contributed by atoms with E-state index in [4.69, 9.17) is 9.15 Å². The molecule has 5 heteroatoms. The Morgan fingerprint density at radius 2 is 1.59 bits per heavy atom. The molecule has 1 N–H and O–H groups in total. The van der Waals surface area contributed by atoms with Crippen LogP contribution in [0.4, 0.5) is 0 Å². The standard InChI is InChI=1S/C22H29NO4/c1-21(2,3)15-7-9-16(10-8-15)26-14-17-11-12-18(27-17)20(25)23-13-19(24)22(4,5)6/h7-12H,13-14H2,1-6H3,(H,23,25). The lowest BCUT2D eigenvalue weighted by Gasteiger charge is -2.19. The number of ketones is 1. The van der Waals surface area contributed by atoms with Crippen molar-refractivity contribution in [3.8, 4) is 5.75 Å². The normalized spacial score (nSPS) is 11.9. The van der Waals surface area contributed by atoms with Crippen LogP contribution in [0, 0.1) is 5.41 Å². The number of rotatable bonds is 6. The Bertz CT molecular complexity index is 789. The van der Waals surface area contributed by atoms with E-state index < -0.39 is 11.3 Å². The summed E-state index contributed by atoms with van der Waals surface area (Å²) < 4.78 is 11.2. The molecule has 1 heterocycles. The van der Waals surface area contributed by atoms with Crippen LogP contribution in [0.5, 0.6) is 5.75 Å². The third-order valence-corrected chi connectivity index (χ3v) is 4.23. The maximum Gasteiger partial charge on any atom is 0.287 e. The first kappa shape index (κ1) is 20.7. The summed E-state index contributed by atoms with van der Waals surface area (Å²) in [6.07, 6.45) is 0. The number of furan rings is 1. The third kappa shape index (κ3) is 5.98. The average Bonchev–Trinajstić information content (AvgIpc) is 3.05. The molecule has 1 amide bonds. The van der Waals surface area contributed by atoms with E-state index in [2.05, 4.69) is 26.1 Å². The Morgan fingerprint density at radius 1 is 0.963 bits per heavy atom. The molecule has 27 heavy (non-hydrogen) atoms. The Hall–Kier alpha value is -2.56. The van der Waals surface area contributed by atoms with E-state index in [-0.39, 0.29) is 30.1 Å². The number of ether oxygens (including phenoxy) is 1. The van der Waals surface area contributed by atoms with E-state index in [0.717, 1.165) is 5.75 Å². The first-order chi connectivity index (χ1) is 12.5. The molecule has 0 aliphatic rings. The molecule has 5 nitrogen and oxygen atoms in total. The number of hydrogen-bond acceptors (Lipinski definition) is 4. The van der Waals surface area contributed by atoms with Crippen LogP contribution in [-0.2, 0) is 16.8 Å². The Balaban J connectivity index is 1.88. The number of carbonyl (C=O) groups is 2. The van der Waals surface area contributed by atoms with Gasteiger partial charge in [0.15, 0.2) is 11.5 Å². The number of benzene rings is 1. The van der Waals surface area contributed by atoms with Gasteiger partial charge in [-0.15, -0.1) is 0 Å². The van der Waals surface area contributed by atoms with Crippen LogP contribution < -0.4 is 10.1 Å². The highest BCUT2D eigenvalue weighted by atomic mass is 16.5. The van der Waals surface area contributed by atoms with Crippen molar-refractivity contribution in [1.82, 2.24) is 5.32 Å². The van der Waals surface area contributed by atoms with E-state index in [0.29, 0.717) is 5.76 Å². The van der Waals surface area contributed by atoms with Gasteiger partial charge in [-0.25, -0.2) is 0 Å². The van der Waals surface area contributed by atoms with Crippen LogP contribution in [0.25, 0.3) is 0 Å². The second-order valence-electron chi connectivity index (χ2n) is 8.68. The van der Waals surface area contributed by atoms with Gasteiger partial charge in [-0.05, 0) is 35.2 Å². The quantitative estimate of drug-likeness (QED) is 0.812. The predicted octanol–water partition coefficient (Wildman–Crippen LogP) is 4.50. The van der Waals surface area contributed by atoms with E-state index in [1.54, 1.807) is 12.1 Å². The summed E-state index contributed by atoms with van der Waals surface area (Å²) in [7, 11) is 0. The van der Waals surface area contributed by atoms with Crippen molar-refractivity contribution in [3.05, 3.63) is 53.5 Å². The number of amides is 1. The zero-order valence-corrected chi connectivity index (χ0v) is 17.0. The lowest BCUT2D eigenvalue weighted by Crippen LogP contribution is -2.35. The molecular formula is C22H29NO4. The summed E-state index contributed by atoms with van der Waals surface area (Å²) in [5, 5.41) is 2.59. The van der Waals surface area contributed by atoms with Gasteiger partial charge in [-0.3, -0.25) is 9.59 Å². The molecule has 2 rings (SSSR count). The fourth-order valence-corrected chi connectivity index (χ4v) is 2.30. The topological polar surface area (TPSA) is 68.5 Å². The summed E-state index contributed by atoms with van der Waals surface area (Å²) in [6.45, 7) is 12.1. The zero-order valence-electron chi connectivity index (χ0n) is 17.0. The maximum atomic E-state index is 12.1. The van der Waals surface area contributed by atoms with E-state index in [1.807, 2.05) is 45.0 Å². The van der Waals surface area contributed by atoms with Gasteiger partial charge in [0.2, 0.25) is 0 Å². The van der Waals surface area contributed by atoms with Gasteiger partial charge in [0.25, 0.3) is 5.91 Å². The smallest absolute Gasteiger partial charge is 0.287 e. The van der Waals surface area contributed by atoms with Gasteiger partial charge in [-0.2, -0.15) is 0 Å². The molecule has 2 aromatic rings. The summed E-state index contributed by atoms with van der Waals surface area (Å²) in [5.41, 5.74) is 0.838. The molecule has 0 atom stereocenters. The van der Waals surface area contributed by atoms with Crippen molar-refractivity contribution in [2.45, 2.75) is 53.6 Å². The summed E-state index contributed by atoms with van der Waals surface area (Å²) >= 11 is 0. The van der Waals surface area contributed by atoms with Crippen molar-refractivity contribution < 1.29 is 18.7 Å². The third-order valence-electron chi connectivity index (χ3n) is 4.23. The largest absolute Gasteiger partial charge is 0.486 e. The second kappa shape index (κ2) is 7.99. The van der Waals surface area contributed by atoms with Crippen LogP contribution in [-0.4, -0.2) is 18.2 Å². The molecule has 1 aromatic carbocycles. The molecule has 0 aliphatic carbocycles. The first-order valence-electron chi connectivity index (χ1n) is 9.10. The molecule has 0 fully saturated rings. The highest BCUT2D eigenvalue weighted by Gasteiger charge is 2.22. The maximum absolute atomic E-state index is 12.1. The molecule has 1 aromatic heterocycles. The highest BCUT2D eigenvalue weighted by molar-refractivity contribution is 5.95. The second-order valence-corrected chi connectivity index (χ2v) is 8.68. The van der Waals surface area contributed by atoms with E-state index >= 15 is 0 Å². The van der Waals surface area contributed by atoms with Crippen molar-refractivity contribution >= 4 is 11.7 Å². The Morgan fingerprint density at radius 3 is 2.15 bits per heavy atom. The fraction of sp³-hybridized carbons (Fsp3) is 0.455. The Kier molecular flexibility index (Phi) is 6.14. The molecule has 0 saturated heterocycles. The van der Waals surface area contributed by atoms with Crippen molar-refractivity contribution in [1.29, 1.82) is 0 Å². The van der Waals surface area contributed by atoms with Crippen LogP contribution in [0.1, 0.15) is 63.4 Å².